The number of rotatable bonds is 4. The molecule has 1 aromatic heterocycles. The van der Waals surface area contributed by atoms with Crippen LogP contribution in [0, 0.1) is 11.8 Å². The zero-order valence-corrected chi connectivity index (χ0v) is 15.3. The fourth-order valence-corrected chi connectivity index (χ4v) is 4.24. The van der Waals surface area contributed by atoms with Crippen molar-refractivity contribution in [3.05, 3.63) is 23.7 Å². The van der Waals surface area contributed by atoms with Gasteiger partial charge in [0.05, 0.1) is 18.7 Å². The van der Waals surface area contributed by atoms with E-state index in [1.165, 1.54) is 0 Å². The molecule has 0 unspecified atom stereocenters. The van der Waals surface area contributed by atoms with E-state index in [1.54, 1.807) is 11.0 Å². The predicted molar refractivity (Wildman–Crippen MR) is 94.2 cm³/mol. The highest BCUT2D eigenvalue weighted by molar-refractivity contribution is 5.91. The van der Waals surface area contributed by atoms with E-state index < -0.39 is 5.60 Å². The Morgan fingerprint density at radius 2 is 2.00 bits per heavy atom. The van der Waals surface area contributed by atoms with Gasteiger partial charge in [0.15, 0.2) is 5.76 Å². The van der Waals surface area contributed by atoms with Crippen molar-refractivity contribution in [1.82, 2.24) is 14.7 Å². The van der Waals surface area contributed by atoms with Crippen LogP contribution < -0.4 is 0 Å². The van der Waals surface area contributed by atoms with Gasteiger partial charge in [-0.05, 0) is 37.9 Å². The van der Waals surface area contributed by atoms with E-state index in [2.05, 4.69) is 16.8 Å². The second-order valence-corrected chi connectivity index (χ2v) is 8.20. The van der Waals surface area contributed by atoms with Crippen molar-refractivity contribution in [2.75, 3.05) is 46.3 Å². The topological polar surface area (TPSA) is 60.2 Å². The number of amides is 1. The third kappa shape index (κ3) is 3.35. The molecule has 138 valence electrons. The summed E-state index contributed by atoms with van der Waals surface area (Å²) in [6.45, 7) is 8.04. The maximum atomic E-state index is 12.8. The lowest BCUT2D eigenvalue weighted by molar-refractivity contribution is -0.00382. The van der Waals surface area contributed by atoms with Crippen LogP contribution in [0.5, 0.6) is 0 Å². The number of piperazine rings is 1. The predicted octanol–water partition coefficient (Wildman–Crippen LogP) is 1.26. The molecule has 6 heteroatoms. The summed E-state index contributed by atoms with van der Waals surface area (Å²) >= 11 is 0. The van der Waals surface area contributed by atoms with E-state index in [0.29, 0.717) is 24.8 Å². The maximum Gasteiger partial charge on any atom is 0.289 e. The molecule has 0 aromatic carbocycles. The van der Waals surface area contributed by atoms with Crippen LogP contribution >= 0.6 is 0 Å². The van der Waals surface area contributed by atoms with Gasteiger partial charge in [0.2, 0.25) is 0 Å². The first-order valence-corrected chi connectivity index (χ1v) is 9.47. The molecule has 2 atom stereocenters. The minimum Gasteiger partial charge on any atom is -0.455 e. The Labute approximate surface area is 149 Å². The van der Waals surface area contributed by atoms with Crippen LogP contribution in [0.4, 0.5) is 0 Å². The van der Waals surface area contributed by atoms with Crippen LogP contribution in [0.15, 0.2) is 16.5 Å². The average Bonchev–Trinajstić information content (AvgIpc) is 3.28. The van der Waals surface area contributed by atoms with E-state index >= 15 is 0 Å². The molecule has 1 aromatic rings. The third-order valence-electron chi connectivity index (χ3n) is 6.21. The summed E-state index contributed by atoms with van der Waals surface area (Å²) in [4.78, 5) is 19.2. The number of likely N-dealkylation sites (tertiary alicyclic amines) is 1. The molecule has 3 heterocycles. The van der Waals surface area contributed by atoms with Gasteiger partial charge in [-0.2, -0.15) is 0 Å². The van der Waals surface area contributed by atoms with Gasteiger partial charge < -0.3 is 19.3 Å². The molecule has 6 nitrogen and oxygen atoms in total. The van der Waals surface area contributed by atoms with E-state index in [-0.39, 0.29) is 11.8 Å². The molecule has 1 aliphatic carbocycles. The Morgan fingerprint density at radius 1 is 1.28 bits per heavy atom. The lowest BCUT2D eigenvalue weighted by atomic mass is 9.88. The lowest BCUT2D eigenvalue weighted by Gasteiger charge is -2.31. The number of furan rings is 1. The summed E-state index contributed by atoms with van der Waals surface area (Å²) in [5.74, 6) is 1.65. The van der Waals surface area contributed by atoms with Crippen molar-refractivity contribution < 1.29 is 14.3 Å². The van der Waals surface area contributed by atoms with E-state index in [9.17, 15) is 9.90 Å². The van der Waals surface area contributed by atoms with Crippen molar-refractivity contribution in [3.8, 4) is 0 Å². The van der Waals surface area contributed by atoms with Crippen molar-refractivity contribution >= 4 is 5.91 Å². The van der Waals surface area contributed by atoms with Gasteiger partial charge in [-0.3, -0.25) is 9.69 Å². The Hall–Kier alpha value is -1.37. The second-order valence-electron chi connectivity index (χ2n) is 8.20. The van der Waals surface area contributed by atoms with Crippen molar-refractivity contribution in [2.24, 2.45) is 11.8 Å². The molecule has 4 rings (SSSR count). The molecule has 0 bridgehead atoms. The van der Waals surface area contributed by atoms with Crippen LogP contribution in [0.2, 0.25) is 0 Å². The second kappa shape index (κ2) is 6.41. The standard InChI is InChI=1S/C19H29N3O3/c1-14-11-22(13-19(14,24)15-3-4-15)18(23)17-6-5-16(25-17)12-21-9-7-20(2)8-10-21/h5-6,14-15,24H,3-4,7-13H2,1-2H3/t14-,19+/m1/s1. The first kappa shape index (κ1) is 17.1. The average molecular weight is 347 g/mol. The summed E-state index contributed by atoms with van der Waals surface area (Å²) < 4.78 is 5.84. The van der Waals surface area contributed by atoms with Crippen molar-refractivity contribution in [3.63, 3.8) is 0 Å². The van der Waals surface area contributed by atoms with Gasteiger partial charge >= 0.3 is 0 Å². The van der Waals surface area contributed by atoms with Gasteiger partial charge in [-0.15, -0.1) is 0 Å². The van der Waals surface area contributed by atoms with Gasteiger partial charge in [0.25, 0.3) is 5.91 Å². The van der Waals surface area contributed by atoms with Crippen molar-refractivity contribution in [1.29, 1.82) is 0 Å². The minimum atomic E-state index is -0.703. The zero-order valence-electron chi connectivity index (χ0n) is 15.3. The smallest absolute Gasteiger partial charge is 0.289 e. The van der Waals surface area contributed by atoms with Crippen LogP contribution in [-0.4, -0.2) is 77.6 Å². The lowest BCUT2D eigenvalue weighted by Crippen LogP contribution is -2.43. The van der Waals surface area contributed by atoms with Crippen LogP contribution in [0.25, 0.3) is 0 Å². The number of likely N-dealkylation sites (N-methyl/N-ethyl adjacent to an activating group) is 1. The van der Waals surface area contributed by atoms with Gasteiger partial charge in [0.1, 0.15) is 5.76 Å². The van der Waals surface area contributed by atoms with Gasteiger partial charge in [-0.1, -0.05) is 6.92 Å². The minimum absolute atomic E-state index is 0.0898. The summed E-state index contributed by atoms with van der Waals surface area (Å²) in [6.07, 6.45) is 2.16. The SMILES string of the molecule is C[C@@H]1CN(C(=O)c2ccc(CN3CCN(C)CC3)o2)C[C@@]1(O)C1CC1. The molecule has 3 aliphatic rings. The van der Waals surface area contributed by atoms with Crippen LogP contribution in [-0.2, 0) is 6.54 Å². The zero-order chi connectivity index (χ0) is 17.6. The molecule has 1 amide bonds. The molecule has 2 aliphatic heterocycles. The fourth-order valence-electron chi connectivity index (χ4n) is 4.24. The van der Waals surface area contributed by atoms with Gasteiger partial charge in [-0.25, -0.2) is 0 Å². The summed E-state index contributed by atoms with van der Waals surface area (Å²) in [7, 11) is 2.14. The summed E-state index contributed by atoms with van der Waals surface area (Å²) in [5, 5.41) is 10.9. The Kier molecular flexibility index (Phi) is 4.38. The molecule has 0 radical (unpaired) electrons. The highest BCUT2D eigenvalue weighted by Gasteiger charge is 2.53. The molecule has 0 spiro atoms. The first-order chi connectivity index (χ1) is 12.0. The quantitative estimate of drug-likeness (QED) is 0.889. The Balaban J connectivity index is 1.38. The first-order valence-electron chi connectivity index (χ1n) is 9.47. The molecular formula is C19H29N3O3. The van der Waals surface area contributed by atoms with E-state index in [4.69, 9.17) is 4.42 Å². The number of hydrogen-bond acceptors (Lipinski definition) is 5. The highest BCUT2D eigenvalue weighted by Crippen LogP contribution is 2.47. The number of β-amino-alcohol motifs (C(OH)–C–C–N with tert-alkyl or cyclic N) is 1. The number of hydrogen-bond donors (Lipinski definition) is 1. The highest BCUT2D eigenvalue weighted by atomic mass is 16.4. The fraction of sp³-hybridized carbons (Fsp3) is 0.737. The Morgan fingerprint density at radius 3 is 2.68 bits per heavy atom. The monoisotopic (exact) mass is 347 g/mol. The Bertz CT molecular complexity index is 634. The molecule has 1 N–H and O–H groups in total. The molecule has 2 saturated heterocycles. The van der Waals surface area contributed by atoms with E-state index in [1.807, 2.05) is 13.0 Å². The van der Waals surface area contributed by atoms with Crippen LogP contribution in [0.1, 0.15) is 36.1 Å². The number of carbonyl (C=O) groups is 1. The normalized spacial score (nSPS) is 31.6. The molecule has 25 heavy (non-hydrogen) atoms. The van der Waals surface area contributed by atoms with Crippen molar-refractivity contribution in [2.45, 2.75) is 31.9 Å². The van der Waals surface area contributed by atoms with Crippen LogP contribution in [0.3, 0.4) is 0 Å². The largest absolute Gasteiger partial charge is 0.455 e. The van der Waals surface area contributed by atoms with Gasteiger partial charge in [0, 0.05) is 38.6 Å². The summed E-state index contributed by atoms with van der Waals surface area (Å²) in [5.41, 5.74) is -0.703. The molecule has 3 fully saturated rings. The van der Waals surface area contributed by atoms with E-state index in [0.717, 1.165) is 51.3 Å². The maximum absolute atomic E-state index is 12.8. The number of carbonyl (C=O) groups excluding carboxylic acids is 1. The number of nitrogens with zero attached hydrogens (tertiary/aromatic N) is 3. The summed E-state index contributed by atoms with van der Waals surface area (Å²) in [6, 6.07) is 3.70. The number of aliphatic hydroxyl groups is 1. The molecular weight excluding hydrogens is 318 g/mol. The molecule has 1 saturated carbocycles. The third-order valence-corrected chi connectivity index (χ3v) is 6.21.